The first-order chi connectivity index (χ1) is 12.2. The highest BCUT2D eigenvalue weighted by atomic mass is 16.2. The van der Waals surface area contributed by atoms with E-state index >= 15 is 0 Å². The molecule has 0 unspecified atom stereocenters. The number of urea groups is 1. The second-order valence-electron chi connectivity index (χ2n) is 8.25. The Hall–Kier alpha value is -2.37. The van der Waals surface area contributed by atoms with Crippen LogP contribution in [0, 0.1) is 0 Å². The van der Waals surface area contributed by atoms with E-state index in [-0.39, 0.29) is 18.4 Å². The molecule has 140 valence electrons. The van der Waals surface area contributed by atoms with Crippen LogP contribution in [0.4, 0.5) is 4.79 Å². The van der Waals surface area contributed by atoms with Gasteiger partial charge < -0.3 is 10.2 Å². The molecule has 1 aliphatic heterocycles. The van der Waals surface area contributed by atoms with Crippen molar-refractivity contribution in [2.24, 2.45) is 0 Å². The molecule has 2 aliphatic rings. The second-order valence-corrected chi connectivity index (χ2v) is 8.25. The Labute approximate surface area is 154 Å². The fraction of sp³-hybridized carbons (Fsp3) is 0.550. The zero-order chi connectivity index (χ0) is 18.9. The average molecular weight is 357 g/mol. The van der Waals surface area contributed by atoms with Crippen LogP contribution < -0.4 is 5.32 Å². The average Bonchev–Trinajstić information content (AvgIpc) is 3.13. The number of nitrogens with zero attached hydrogens (tertiary/aromatic N) is 2. The van der Waals surface area contributed by atoms with Crippen molar-refractivity contribution in [3.8, 4) is 0 Å². The summed E-state index contributed by atoms with van der Waals surface area (Å²) in [5.74, 6) is -0.471. The zero-order valence-electron chi connectivity index (χ0n) is 15.7. The number of carbonyl (C=O) groups is 3. The van der Waals surface area contributed by atoms with Crippen molar-refractivity contribution in [2.45, 2.75) is 64.1 Å². The fourth-order valence-corrected chi connectivity index (χ4v) is 3.82. The molecule has 1 spiro atoms. The van der Waals surface area contributed by atoms with Crippen molar-refractivity contribution in [1.82, 2.24) is 15.1 Å². The van der Waals surface area contributed by atoms with Crippen molar-refractivity contribution in [2.75, 3.05) is 6.54 Å². The molecule has 6 heteroatoms. The van der Waals surface area contributed by atoms with Gasteiger partial charge in [-0.1, -0.05) is 43.2 Å². The number of nitrogens with one attached hydrogen (secondary N) is 1. The third-order valence-corrected chi connectivity index (χ3v) is 5.29. The van der Waals surface area contributed by atoms with Crippen LogP contribution in [-0.2, 0) is 16.1 Å². The lowest BCUT2D eigenvalue weighted by atomic mass is 9.98. The number of carbonyl (C=O) groups excluding carboxylic acids is 3. The van der Waals surface area contributed by atoms with Gasteiger partial charge in [-0.2, -0.15) is 0 Å². The minimum atomic E-state index is -0.774. The van der Waals surface area contributed by atoms with E-state index in [1.54, 1.807) is 4.90 Å². The van der Waals surface area contributed by atoms with Crippen LogP contribution in [-0.4, -0.2) is 45.3 Å². The quantitative estimate of drug-likeness (QED) is 0.842. The molecule has 0 radical (unpaired) electrons. The fourth-order valence-electron chi connectivity index (χ4n) is 3.82. The summed E-state index contributed by atoms with van der Waals surface area (Å²) in [4.78, 5) is 40.9. The van der Waals surface area contributed by atoms with Crippen LogP contribution in [0.15, 0.2) is 30.3 Å². The normalized spacial score (nSPS) is 19.1. The van der Waals surface area contributed by atoms with Gasteiger partial charge >= 0.3 is 6.03 Å². The molecule has 1 aromatic rings. The Morgan fingerprint density at radius 3 is 2.35 bits per heavy atom. The highest BCUT2D eigenvalue weighted by Gasteiger charge is 2.53. The van der Waals surface area contributed by atoms with Crippen LogP contribution in [0.3, 0.4) is 0 Å². The highest BCUT2D eigenvalue weighted by Crippen LogP contribution is 2.35. The molecule has 26 heavy (non-hydrogen) atoms. The topological polar surface area (TPSA) is 69.7 Å². The first kappa shape index (κ1) is 18.4. The molecule has 1 aliphatic carbocycles. The summed E-state index contributed by atoms with van der Waals surface area (Å²) >= 11 is 0. The van der Waals surface area contributed by atoms with Gasteiger partial charge in [-0.15, -0.1) is 0 Å². The summed E-state index contributed by atoms with van der Waals surface area (Å²) in [5.41, 5.74) is -0.180. The highest BCUT2D eigenvalue weighted by molar-refractivity contribution is 6.09. The lowest BCUT2D eigenvalue weighted by Gasteiger charge is -2.36. The summed E-state index contributed by atoms with van der Waals surface area (Å²) < 4.78 is 0. The first-order valence-corrected chi connectivity index (χ1v) is 9.21. The molecule has 2 fully saturated rings. The van der Waals surface area contributed by atoms with Gasteiger partial charge in [0.25, 0.3) is 5.91 Å². The number of imide groups is 1. The van der Waals surface area contributed by atoms with E-state index in [1.165, 1.54) is 0 Å². The minimum absolute atomic E-state index is 0.212. The number of hydrogen-bond donors (Lipinski definition) is 1. The molecular formula is C20H27N3O3. The Kier molecular flexibility index (Phi) is 4.78. The molecule has 0 aromatic heterocycles. The van der Waals surface area contributed by atoms with E-state index in [0.29, 0.717) is 19.4 Å². The van der Waals surface area contributed by atoms with Gasteiger partial charge in [-0.3, -0.25) is 14.5 Å². The zero-order valence-corrected chi connectivity index (χ0v) is 15.7. The number of rotatable bonds is 4. The van der Waals surface area contributed by atoms with E-state index in [0.717, 1.165) is 23.3 Å². The number of amides is 4. The summed E-state index contributed by atoms with van der Waals surface area (Å²) in [6.07, 6.45) is 3.18. The maximum absolute atomic E-state index is 13.0. The third-order valence-electron chi connectivity index (χ3n) is 5.29. The van der Waals surface area contributed by atoms with E-state index in [1.807, 2.05) is 51.1 Å². The molecule has 1 saturated heterocycles. The van der Waals surface area contributed by atoms with E-state index in [9.17, 15) is 14.4 Å². The smallest absolute Gasteiger partial charge is 0.325 e. The van der Waals surface area contributed by atoms with Crippen LogP contribution in [0.1, 0.15) is 52.0 Å². The van der Waals surface area contributed by atoms with Crippen LogP contribution >= 0.6 is 0 Å². The lowest BCUT2D eigenvalue weighted by molar-refractivity contribution is -0.142. The van der Waals surface area contributed by atoms with Gasteiger partial charge in [0.1, 0.15) is 12.1 Å². The Morgan fingerprint density at radius 2 is 1.77 bits per heavy atom. The van der Waals surface area contributed by atoms with E-state index < -0.39 is 17.1 Å². The Balaban J connectivity index is 1.75. The van der Waals surface area contributed by atoms with Crippen molar-refractivity contribution in [3.63, 3.8) is 0 Å². The first-order valence-electron chi connectivity index (χ1n) is 9.21. The maximum atomic E-state index is 13.0. The molecule has 1 saturated carbocycles. The number of benzene rings is 1. The van der Waals surface area contributed by atoms with Gasteiger partial charge in [0.05, 0.1) is 0 Å². The maximum Gasteiger partial charge on any atom is 0.325 e. The van der Waals surface area contributed by atoms with Gasteiger partial charge in [0.2, 0.25) is 5.91 Å². The van der Waals surface area contributed by atoms with Crippen molar-refractivity contribution in [1.29, 1.82) is 0 Å². The Bertz CT molecular complexity index is 703. The molecule has 6 nitrogen and oxygen atoms in total. The van der Waals surface area contributed by atoms with Gasteiger partial charge in [0, 0.05) is 12.1 Å². The van der Waals surface area contributed by atoms with Crippen LogP contribution in [0.5, 0.6) is 0 Å². The predicted octanol–water partition coefficient (Wildman–Crippen LogP) is 2.68. The summed E-state index contributed by atoms with van der Waals surface area (Å²) in [5, 5.41) is 2.83. The van der Waals surface area contributed by atoms with Crippen molar-refractivity contribution in [3.05, 3.63) is 35.9 Å². The Morgan fingerprint density at radius 1 is 1.15 bits per heavy atom. The molecular weight excluding hydrogens is 330 g/mol. The summed E-state index contributed by atoms with van der Waals surface area (Å²) in [7, 11) is 0. The van der Waals surface area contributed by atoms with Crippen LogP contribution in [0.2, 0.25) is 0 Å². The molecule has 4 amide bonds. The van der Waals surface area contributed by atoms with Crippen molar-refractivity contribution < 1.29 is 14.4 Å². The molecule has 3 rings (SSSR count). The molecule has 0 atom stereocenters. The third kappa shape index (κ3) is 3.45. The van der Waals surface area contributed by atoms with Gasteiger partial charge in [-0.05, 0) is 39.2 Å². The monoisotopic (exact) mass is 357 g/mol. The van der Waals surface area contributed by atoms with E-state index in [2.05, 4.69) is 5.32 Å². The van der Waals surface area contributed by atoms with Crippen LogP contribution in [0.25, 0.3) is 0 Å². The molecule has 0 bridgehead atoms. The molecule has 1 aromatic carbocycles. The van der Waals surface area contributed by atoms with E-state index in [4.69, 9.17) is 0 Å². The second kappa shape index (κ2) is 6.74. The SMILES string of the molecule is CC(C)(C)N(Cc1ccccc1)C(=O)CN1C(=O)NC2(CCCC2)C1=O. The largest absolute Gasteiger partial charge is 0.332 e. The lowest BCUT2D eigenvalue weighted by Crippen LogP contribution is -2.50. The summed E-state index contributed by atoms with van der Waals surface area (Å²) in [6, 6.07) is 9.28. The van der Waals surface area contributed by atoms with Gasteiger partial charge in [-0.25, -0.2) is 4.79 Å². The number of hydrogen-bond acceptors (Lipinski definition) is 3. The minimum Gasteiger partial charge on any atom is -0.332 e. The molecule has 1 heterocycles. The van der Waals surface area contributed by atoms with Crippen molar-refractivity contribution >= 4 is 17.8 Å². The standard InChI is InChI=1S/C20H27N3O3/c1-19(2,3)23(13-15-9-5-4-6-10-15)16(24)14-22-17(25)20(21-18(22)26)11-7-8-12-20/h4-6,9-10H,7-8,11-14H2,1-3H3,(H,21,26). The predicted molar refractivity (Wildman–Crippen MR) is 98.2 cm³/mol. The van der Waals surface area contributed by atoms with Gasteiger partial charge in [0.15, 0.2) is 0 Å². The molecule has 1 N–H and O–H groups in total. The summed E-state index contributed by atoms with van der Waals surface area (Å²) in [6.45, 7) is 6.10.